The molecule has 0 amide bonds. The first kappa shape index (κ1) is 13.8. The predicted octanol–water partition coefficient (Wildman–Crippen LogP) is 0.757. The van der Waals surface area contributed by atoms with Gasteiger partial charge in [-0.05, 0) is 6.92 Å². The summed E-state index contributed by atoms with van der Waals surface area (Å²) < 4.78 is 10.2. The van der Waals surface area contributed by atoms with E-state index in [1.54, 1.807) is 13.2 Å². The number of aromatic nitrogens is 2. The molecule has 1 aromatic rings. The van der Waals surface area contributed by atoms with Crippen LogP contribution in [0.4, 0.5) is 0 Å². The molecule has 1 N–H and O–H groups in total. The topological polar surface area (TPSA) is 71.6 Å². The molecule has 0 spiro atoms. The largest absolute Gasteiger partial charge is 0.395 e. The fourth-order valence-electron chi connectivity index (χ4n) is 1.35. The SMILES string of the molecule is C=CCN(CCO)Cc1nc(C(C)OC)no1. The quantitative estimate of drug-likeness (QED) is 0.677. The normalized spacial score (nSPS) is 12.9. The summed E-state index contributed by atoms with van der Waals surface area (Å²) in [5, 5.41) is 12.7. The van der Waals surface area contributed by atoms with Crippen LogP contribution in [-0.2, 0) is 11.3 Å². The van der Waals surface area contributed by atoms with E-state index in [2.05, 4.69) is 16.7 Å². The molecule has 0 aromatic carbocycles. The fraction of sp³-hybridized carbons (Fsp3) is 0.636. The van der Waals surface area contributed by atoms with E-state index >= 15 is 0 Å². The molecule has 1 aromatic heterocycles. The number of aliphatic hydroxyl groups is 1. The lowest BCUT2D eigenvalue weighted by molar-refractivity contribution is 0.109. The highest BCUT2D eigenvalue weighted by molar-refractivity contribution is 4.90. The van der Waals surface area contributed by atoms with Crippen LogP contribution in [0, 0.1) is 0 Å². The van der Waals surface area contributed by atoms with E-state index in [-0.39, 0.29) is 12.7 Å². The Kier molecular flexibility index (Phi) is 5.82. The van der Waals surface area contributed by atoms with Crippen LogP contribution in [0.3, 0.4) is 0 Å². The Morgan fingerprint density at radius 3 is 3.00 bits per heavy atom. The molecule has 0 saturated heterocycles. The Bertz CT molecular complexity index is 340. The molecule has 1 rings (SSSR count). The van der Waals surface area contributed by atoms with E-state index in [0.29, 0.717) is 31.3 Å². The van der Waals surface area contributed by atoms with Gasteiger partial charge in [0.05, 0.1) is 13.2 Å². The Morgan fingerprint density at radius 2 is 2.41 bits per heavy atom. The second-order valence-electron chi connectivity index (χ2n) is 3.67. The number of hydrogen-bond donors (Lipinski definition) is 1. The van der Waals surface area contributed by atoms with E-state index in [4.69, 9.17) is 14.4 Å². The molecule has 0 aliphatic carbocycles. The second kappa shape index (κ2) is 7.16. The van der Waals surface area contributed by atoms with Crippen molar-refractivity contribution < 1.29 is 14.4 Å². The first-order valence-corrected chi connectivity index (χ1v) is 5.50. The highest BCUT2D eigenvalue weighted by atomic mass is 16.5. The summed E-state index contributed by atoms with van der Waals surface area (Å²) in [5.74, 6) is 1.05. The first-order chi connectivity index (χ1) is 8.21. The lowest BCUT2D eigenvalue weighted by atomic mass is 10.4. The molecule has 1 heterocycles. The molecule has 0 radical (unpaired) electrons. The van der Waals surface area contributed by atoms with Crippen LogP contribution in [0.25, 0.3) is 0 Å². The van der Waals surface area contributed by atoms with Gasteiger partial charge < -0.3 is 14.4 Å². The van der Waals surface area contributed by atoms with Crippen molar-refractivity contribution in [2.75, 3.05) is 26.8 Å². The third kappa shape index (κ3) is 4.26. The van der Waals surface area contributed by atoms with Crippen molar-refractivity contribution >= 4 is 0 Å². The second-order valence-corrected chi connectivity index (χ2v) is 3.67. The molecule has 17 heavy (non-hydrogen) atoms. The van der Waals surface area contributed by atoms with E-state index < -0.39 is 0 Å². The summed E-state index contributed by atoms with van der Waals surface area (Å²) in [7, 11) is 1.59. The van der Waals surface area contributed by atoms with E-state index in [9.17, 15) is 0 Å². The Morgan fingerprint density at radius 1 is 1.65 bits per heavy atom. The van der Waals surface area contributed by atoms with Gasteiger partial charge in [-0.2, -0.15) is 4.98 Å². The minimum absolute atomic E-state index is 0.0866. The predicted molar refractivity (Wildman–Crippen MR) is 62.3 cm³/mol. The molecule has 0 aliphatic heterocycles. The van der Waals surface area contributed by atoms with E-state index in [1.165, 1.54) is 0 Å². The third-order valence-corrected chi connectivity index (χ3v) is 2.36. The average Bonchev–Trinajstić information content (AvgIpc) is 2.77. The molecule has 6 heteroatoms. The molecule has 0 fully saturated rings. The minimum atomic E-state index is -0.182. The summed E-state index contributed by atoms with van der Waals surface area (Å²) >= 11 is 0. The van der Waals surface area contributed by atoms with Crippen LogP contribution in [0.2, 0.25) is 0 Å². The van der Waals surface area contributed by atoms with Gasteiger partial charge in [-0.3, -0.25) is 4.90 Å². The summed E-state index contributed by atoms with van der Waals surface area (Å²) in [6.07, 6.45) is 1.59. The van der Waals surface area contributed by atoms with Crippen LogP contribution < -0.4 is 0 Å². The van der Waals surface area contributed by atoms with Gasteiger partial charge in [-0.1, -0.05) is 11.2 Å². The van der Waals surface area contributed by atoms with E-state index in [1.807, 2.05) is 11.8 Å². The molecule has 0 aliphatic rings. The minimum Gasteiger partial charge on any atom is -0.395 e. The van der Waals surface area contributed by atoms with Crippen molar-refractivity contribution in [1.82, 2.24) is 15.0 Å². The number of rotatable bonds is 8. The fourth-order valence-corrected chi connectivity index (χ4v) is 1.35. The van der Waals surface area contributed by atoms with Crippen molar-refractivity contribution in [2.45, 2.75) is 19.6 Å². The lowest BCUT2D eigenvalue weighted by Gasteiger charge is -2.16. The maximum atomic E-state index is 8.91. The highest BCUT2D eigenvalue weighted by Crippen LogP contribution is 2.12. The molecule has 0 bridgehead atoms. The van der Waals surface area contributed by atoms with Gasteiger partial charge in [-0.15, -0.1) is 6.58 Å². The van der Waals surface area contributed by atoms with Gasteiger partial charge in [0.2, 0.25) is 5.89 Å². The molecular formula is C11H19N3O3. The number of aliphatic hydroxyl groups excluding tert-OH is 1. The highest BCUT2D eigenvalue weighted by Gasteiger charge is 2.14. The third-order valence-electron chi connectivity index (χ3n) is 2.36. The zero-order valence-electron chi connectivity index (χ0n) is 10.3. The maximum absolute atomic E-state index is 8.91. The van der Waals surface area contributed by atoms with Crippen LogP contribution in [-0.4, -0.2) is 47.0 Å². The van der Waals surface area contributed by atoms with Crippen molar-refractivity contribution in [3.05, 3.63) is 24.4 Å². The van der Waals surface area contributed by atoms with Crippen molar-refractivity contribution in [2.24, 2.45) is 0 Å². The van der Waals surface area contributed by atoms with Crippen LogP contribution >= 0.6 is 0 Å². The molecule has 6 nitrogen and oxygen atoms in total. The Balaban J connectivity index is 2.59. The van der Waals surface area contributed by atoms with Crippen molar-refractivity contribution in [1.29, 1.82) is 0 Å². The van der Waals surface area contributed by atoms with Gasteiger partial charge in [0, 0.05) is 20.2 Å². The molecule has 0 saturated carbocycles. The van der Waals surface area contributed by atoms with E-state index in [0.717, 1.165) is 0 Å². The molecule has 1 atom stereocenters. The molecular weight excluding hydrogens is 222 g/mol. The first-order valence-electron chi connectivity index (χ1n) is 5.50. The number of nitrogens with zero attached hydrogens (tertiary/aromatic N) is 3. The van der Waals surface area contributed by atoms with Crippen molar-refractivity contribution in [3.63, 3.8) is 0 Å². The average molecular weight is 241 g/mol. The number of methoxy groups -OCH3 is 1. The summed E-state index contributed by atoms with van der Waals surface area (Å²) in [6.45, 7) is 7.30. The maximum Gasteiger partial charge on any atom is 0.240 e. The van der Waals surface area contributed by atoms with Gasteiger partial charge in [0.1, 0.15) is 6.10 Å². The van der Waals surface area contributed by atoms with Crippen LogP contribution in [0.15, 0.2) is 17.2 Å². The molecule has 1 unspecified atom stereocenters. The smallest absolute Gasteiger partial charge is 0.240 e. The van der Waals surface area contributed by atoms with Crippen LogP contribution in [0.1, 0.15) is 24.7 Å². The summed E-state index contributed by atoms with van der Waals surface area (Å²) in [5.41, 5.74) is 0. The number of hydrogen-bond acceptors (Lipinski definition) is 6. The Hall–Kier alpha value is -1.24. The monoisotopic (exact) mass is 241 g/mol. The number of ether oxygens (including phenoxy) is 1. The van der Waals surface area contributed by atoms with Crippen molar-refractivity contribution in [3.8, 4) is 0 Å². The van der Waals surface area contributed by atoms with Gasteiger partial charge >= 0.3 is 0 Å². The lowest BCUT2D eigenvalue weighted by Crippen LogP contribution is -2.26. The zero-order valence-corrected chi connectivity index (χ0v) is 10.3. The summed E-state index contributed by atoms with van der Waals surface area (Å²) in [4.78, 5) is 6.19. The standard InChI is InChI=1S/C11H19N3O3/c1-4-5-14(6-7-15)8-10-12-11(13-17-10)9(2)16-3/h4,9,15H,1,5-8H2,2-3H3. The summed E-state index contributed by atoms with van der Waals surface area (Å²) in [6, 6.07) is 0. The van der Waals surface area contributed by atoms with Crippen LogP contribution in [0.5, 0.6) is 0 Å². The van der Waals surface area contributed by atoms with Gasteiger partial charge in [-0.25, -0.2) is 0 Å². The molecule has 96 valence electrons. The zero-order chi connectivity index (χ0) is 12.7. The van der Waals surface area contributed by atoms with Gasteiger partial charge in [0.15, 0.2) is 5.82 Å². The van der Waals surface area contributed by atoms with Gasteiger partial charge in [0.25, 0.3) is 0 Å². The Labute approximate surface area is 101 Å².